The van der Waals surface area contributed by atoms with Crippen LogP contribution in [0.15, 0.2) is 77.9 Å². The van der Waals surface area contributed by atoms with Gasteiger partial charge in [-0.25, -0.2) is 5.43 Å². The molecule has 0 spiro atoms. The van der Waals surface area contributed by atoms with E-state index in [1.54, 1.807) is 36.4 Å². The summed E-state index contributed by atoms with van der Waals surface area (Å²) in [5.74, 6) is -1.15. The summed E-state index contributed by atoms with van der Waals surface area (Å²) in [6.07, 6.45) is 1.42. The number of hydrogen-bond acceptors (Lipinski definition) is 4. The van der Waals surface area contributed by atoms with Crippen LogP contribution in [0.1, 0.15) is 11.1 Å². The molecular formula is C22H17Cl2N3O3. The van der Waals surface area contributed by atoms with E-state index in [0.29, 0.717) is 12.4 Å². The number of benzene rings is 3. The first-order chi connectivity index (χ1) is 14.5. The van der Waals surface area contributed by atoms with E-state index in [1.165, 1.54) is 12.3 Å². The maximum Gasteiger partial charge on any atom is 0.329 e. The van der Waals surface area contributed by atoms with Gasteiger partial charge in [-0.05, 0) is 47.5 Å². The molecule has 2 N–H and O–H groups in total. The van der Waals surface area contributed by atoms with Crippen LogP contribution in [-0.4, -0.2) is 18.0 Å². The van der Waals surface area contributed by atoms with Crippen molar-refractivity contribution < 1.29 is 14.3 Å². The number of rotatable bonds is 6. The number of amides is 2. The lowest BCUT2D eigenvalue weighted by atomic mass is 10.2. The van der Waals surface area contributed by atoms with Gasteiger partial charge in [-0.1, -0.05) is 59.6 Å². The number of hydrogen-bond donors (Lipinski definition) is 2. The number of nitrogens with one attached hydrogen (secondary N) is 2. The largest absolute Gasteiger partial charge is 0.489 e. The second-order valence-electron chi connectivity index (χ2n) is 6.10. The number of carbonyl (C=O) groups is 2. The van der Waals surface area contributed by atoms with Gasteiger partial charge in [0.25, 0.3) is 0 Å². The Kier molecular flexibility index (Phi) is 7.43. The Bertz CT molecular complexity index is 1050. The molecule has 3 aromatic rings. The van der Waals surface area contributed by atoms with Gasteiger partial charge in [0.15, 0.2) is 0 Å². The van der Waals surface area contributed by atoms with E-state index in [9.17, 15) is 9.59 Å². The summed E-state index contributed by atoms with van der Waals surface area (Å²) in [4.78, 5) is 23.8. The summed E-state index contributed by atoms with van der Waals surface area (Å²) in [6.45, 7) is 0.468. The summed E-state index contributed by atoms with van der Waals surface area (Å²) < 4.78 is 5.71. The maximum absolute atomic E-state index is 11.9. The van der Waals surface area contributed by atoms with Crippen LogP contribution in [0.3, 0.4) is 0 Å². The average molecular weight is 442 g/mol. The molecule has 0 radical (unpaired) electrons. The van der Waals surface area contributed by atoms with Gasteiger partial charge < -0.3 is 10.1 Å². The Morgan fingerprint density at radius 3 is 2.37 bits per heavy atom. The Hall–Kier alpha value is -3.35. The minimum absolute atomic E-state index is 0.151. The topological polar surface area (TPSA) is 79.8 Å². The first kappa shape index (κ1) is 21.4. The molecular weight excluding hydrogens is 425 g/mol. The number of anilines is 1. The van der Waals surface area contributed by atoms with Gasteiger partial charge in [0.1, 0.15) is 12.4 Å². The summed E-state index contributed by atoms with van der Waals surface area (Å²) >= 11 is 11.9. The van der Waals surface area contributed by atoms with E-state index in [4.69, 9.17) is 27.9 Å². The van der Waals surface area contributed by atoms with Crippen molar-refractivity contribution in [2.24, 2.45) is 5.10 Å². The van der Waals surface area contributed by atoms with Crippen molar-refractivity contribution >= 4 is 46.9 Å². The van der Waals surface area contributed by atoms with E-state index in [1.807, 2.05) is 30.3 Å². The number of ether oxygens (including phenoxy) is 1. The Morgan fingerprint density at radius 2 is 1.63 bits per heavy atom. The Labute approximate surface area is 183 Å². The molecule has 30 heavy (non-hydrogen) atoms. The van der Waals surface area contributed by atoms with Crippen molar-refractivity contribution in [3.63, 3.8) is 0 Å². The van der Waals surface area contributed by atoms with Crippen molar-refractivity contribution in [1.29, 1.82) is 0 Å². The lowest BCUT2D eigenvalue weighted by Gasteiger charge is -2.07. The van der Waals surface area contributed by atoms with Gasteiger partial charge in [-0.15, -0.1) is 0 Å². The zero-order chi connectivity index (χ0) is 21.3. The van der Waals surface area contributed by atoms with Gasteiger partial charge >= 0.3 is 11.8 Å². The highest BCUT2D eigenvalue weighted by Gasteiger charge is 2.15. The van der Waals surface area contributed by atoms with Crippen molar-refractivity contribution in [2.75, 3.05) is 5.32 Å². The van der Waals surface area contributed by atoms with Crippen LogP contribution >= 0.6 is 23.2 Å². The smallest absolute Gasteiger partial charge is 0.329 e. The number of hydrazone groups is 1. The molecule has 0 aliphatic rings. The lowest BCUT2D eigenvalue weighted by Crippen LogP contribution is -2.32. The van der Waals surface area contributed by atoms with Crippen LogP contribution in [0.25, 0.3) is 0 Å². The molecule has 0 aliphatic heterocycles. The van der Waals surface area contributed by atoms with Gasteiger partial charge in [-0.2, -0.15) is 5.10 Å². The fraction of sp³-hybridized carbons (Fsp3) is 0.0455. The molecule has 0 aromatic heterocycles. The van der Waals surface area contributed by atoms with Gasteiger partial charge in [0, 0.05) is 0 Å². The summed E-state index contributed by atoms with van der Waals surface area (Å²) in [5, 5.41) is 6.58. The monoisotopic (exact) mass is 441 g/mol. The molecule has 3 rings (SSSR count). The van der Waals surface area contributed by atoms with Gasteiger partial charge in [0.05, 0.1) is 21.9 Å². The first-order valence-corrected chi connectivity index (χ1v) is 9.64. The van der Waals surface area contributed by atoms with E-state index < -0.39 is 11.8 Å². The fourth-order valence-electron chi connectivity index (χ4n) is 2.39. The Balaban J connectivity index is 1.49. The van der Waals surface area contributed by atoms with Crippen molar-refractivity contribution in [1.82, 2.24) is 5.43 Å². The molecule has 0 unspecified atom stereocenters. The lowest BCUT2D eigenvalue weighted by molar-refractivity contribution is -0.136. The molecule has 152 valence electrons. The Morgan fingerprint density at radius 1 is 0.900 bits per heavy atom. The molecule has 6 nitrogen and oxygen atoms in total. The quantitative estimate of drug-likeness (QED) is 0.331. The van der Waals surface area contributed by atoms with Crippen LogP contribution in [0, 0.1) is 0 Å². The zero-order valence-corrected chi connectivity index (χ0v) is 17.2. The van der Waals surface area contributed by atoms with E-state index in [2.05, 4.69) is 15.8 Å². The molecule has 0 atom stereocenters. The minimum atomic E-state index is -0.940. The highest BCUT2D eigenvalue weighted by atomic mass is 35.5. The van der Waals surface area contributed by atoms with Crippen molar-refractivity contribution in [2.45, 2.75) is 6.61 Å². The van der Waals surface area contributed by atoms with E-state index in [-0.39, 0.29) is 15.7 Å². The molecule has 8 heteroatoms. The molecule has 0 saturated carbocycles. The number of nitrogens with zero attached hydrogens (tertiary/aromatic N) is 1. The standard InChI is InChI=1S/C22H17Cl2N3O3/c23-18-7-4-8-19(20(18)24)26-21(28)22(29)27-25-13-15-9-11-17(12-10-15)30-14-16-5-2-1-3-6-16/h1-13H,14H2,(H,26,28)(H,27,29). The van der Waals surface area contributed by atoms with Crippen LogP contribution in [-0.2, 0) is 16.2 Å². The molecule has 0 heterocycles. The van der Waals surface area contributed by atoms with Crippen LogP contribution in [0.4, 0.5) is 5.69 Å². The fourth-order valence-corrected chi connectivity index (χ4v) is 2.73. The first-order valence-electron chi connectivity index (χ1n) is 8.88. The average Bonchev–Trinajstić information content (AvgIpc) is 2.77. The van der Waals surface area contributed by atoms with Crippen LogP contribution in [0.2, 0.25) is 10.0 Å². The SMILES string of the molecule is O=C(NN=Cc1ccc(OCc2ccccc2)cc1)C(=O)Nc1cccc(Cl)c1Cl. The predicted octanol–water partition coefficient (Wildman–Crippen LogP) is 4.66. The highest BCUT2D eigenvalue weighted by Crippen LogP contribution is 2.29. The predicted molar refractivity (Wildman–Crippen MR) is 118 cm³/mol. The van der Waals surface area contributed by atoms with Crippen molar-refractivity contribution in [3.8, 4) is 5.75 Å². The van der Waals surface area contributed by atoms with Gasteiger partial charge in [-0.3, -0.25) is 9.59 Å². The summed E-state index contributed by atoms with van der Waals surface area (Å²) in [5.41, 5.74) is 4.19. The molecule has 0 saturated heterocycles. The second kappa shape index (κ2) is 10.4. The third-order valence-corrected chi connectivity index (χ3v) is 4.73. The summed E-state index contributed by atoms with van der Waals surface area (Å²) in [6, 6.07) is 21.7. The maximum atomic E-state index is 11.9. The third-order valence-electron chi connectivity index (χ3n) is 3.91. The van der Waals surface area contributed by atoms with E-state index >= 15 is 0 Å². The number of halogens is 2. The molecule has 2 amide bonds. The molecule has 0 bridgehead atoms. The minimum Gasteiger partial charge on any atom is -0.489 e. The van der Waals surface area contributed by atoms with Crippen LogP contribution in [0.5, 0.6) is 5.75 Å². The van der Waals surface area contributed by atoms with Gasteiger partial charge in [0.2, 0.25) is 0 Å². The molecule has 0 aliphatic carbocycles. The zero-order valence-electron chi connectivity index (χ0n) is 15.6. The van der Waals surface area contributed by atoms with Crippen molar-refractivity contribution in [3.05, 3.63) is 94.0 Å². The van der Waals surface area contributed by atoms with E-state index in [0.717, 1.165) is 11.1 Å². The highest BCUT2D eigenvalue weighted by molar-refractivity contribution is 6.45. The summed E-state index contributed by atoms with van der Waals surface area (Å²) in [7, 11) is 0. The third kappa shape index (κ3) is 6.07. The molecule has 3 aromatic carbocycles. The van der Waals surface area contributed by atoms with Crippen LogP contribution < -0.4 is 15.5 Å². The normalized spacial score (nSPS) is 10.6. The second-order valence-corrected chi connectivity index (χ2v) is 6.88. The molecule has 0 fully saturated rings. The number of carbonyl (C=O) groups excluding carboxylic acids is 2.